The lowest BCUT2D eigenvalue weighted by atomic mass is 10.1. The molecule has 0 bridgehead atoms. The van der Waals surface area contributed by atoms with E-state index >= 15 is 0 Å². The molecule has 2 N–H and O–H groups in total. The zero-order chi connectivity index (χ0) is 13.5. The average molecular weight is 259 g/mol. The zero-order valence-corrected chi connectivity index (χ0v) is 10.8. The summed E-state index contributed by atoms with van der Waals surface area (Å²) in [5.74, 6) is -0.201. The molecule has 0 spiro atoms. The minimum Gasteiger partial charge on any atom is -0.392 e. The van der Waals surface area contributed by atoms with Gasteiger partial charge in [0.25, 0.3) is 0 Å². The van der Waals surface area contributed by atoms with E-state index in [9.17, 15) is 4.39 Å². The molecule has 0 fully saturated rings. The summed E-state index contributed by atoms with van der Waals surface area (Å²) in [5, 5.41) is 12.3. The fourth-order valence-corrected chi connectivity index (χ4v) is 1.88. The normalized spacial score (nSPS) is 10.6. The van der Waals surface area contributed by atoms with Crippen molar-refractivity contribution in [1.82, 2.24) is 5.32 Å². The lowest BCUT2D eigenvalue weighted by Crippen LogP contribution is -2.16. The Morgan fingerprint density at radius 1 is 0.842 bits per heavy atom. The van der Waals surface area contributed by atoms with Crippen molar-refractivity contribution in [2.24, 2.45) is 0 Å². The van der Waals surface area contributed by atoms with Crippen molar-refractivity contribution >= 4 is 0 Å². The van der Waals surface area contributed by atoms with Crippen LogP contribution in [0.25, 0.3) is 0 Å². The Balaban J connectivity index is 1.72. The van der Waals surface area contributed by atoms with Gasteiger partial charge >= 0.3 is 0 Å². The summed E-state index contributed by atoms with van der Waals surface area (Å²) in [4.78, 5) is 0. The fraction of sp³-hybridized carbons (Fsp3) is 0.250. The number of aliphatic hydroxyl groups excluding tert-OH is 1. The second-order valence-electron chi connectivity index (χ2n) is 4.53. The number of rotatable bonds is 6. The van der Waals surface area contributed by atoms with Crippen LogP contribution in [-0.2, 0) is 19.6 Å². The van der Waals surface area contributed by atoms with Gasteiger partial charge in [0.1, 0.15) is 5.82 Å². The quantitative estimate of drug-likeness (QED) is 0.782. The highest BCUT2D eigenvalue weighted by molar-refractivity contribution is 5.22. The Kier molecular flexibility index (Phi) is 5.07. The molecule has 0 unspecified atom stereocenters. The molecule has 19 heavy (non-hydrogen) atoms. The first-order chi connectivity index (χ1) is 9.28. The molecule has 0 radical (unpaired) electrons. The Morgan fingerprint density at radius 2 is 1.42 bits per heavy atom. The molecule has 2 aromatic carbocycles. The molecule has 0 aliphatic carbocycles. The molecule has 3 heteroatoms. The highest BCUT2D eigenvalue weighted by atomic mass is 19.1. The van der Waals surface area contributed by atoms with E-state index in [4.69, 9.17) is 5.11 Å². The Bertz CT molecular complexity index is 493. The van der Waals surface area contributed by atoms with Crippen LogP contribution in [0.4, 0.5) is 4.39 Å². The SMILES string of the molecule is OCc1ccc(CCNCc2ccc(F)cc2)cc1. The van der Waals surface area contributed by atoms with E-state index in [1.807, 2.05) is 24.3 Å². The number of halogens is 1. The van der Waals surface area contributed by atoms with Crippen LogP contribution in [0.2, 0.25) is 0 Å². The van der Waals surface area contributed by atoms with Gasteiger partial charge in [-0.3, -0.25) is 0 Å². The van der Waals surface area contributed by atoms with Gasteiger partial charge in [0, 0.05) is 6.54 Å². The maximum atomic E-state index is 12.7. The molecular formula is C16H18FNO. The van der Waals surface area contributed by atoms with E-state index < -0.39 is 0 Å². The van der Waals surface area contributed by atoms with E-state index in [1.54, 1.807) is 12.1 Å². The summed E-state index contributed by atoms with van der Waals surface area (Å²) >= 11 is 0. The molecular weight excluding hydrogens is 241 g/mol. The Morgan fingerprint density at radius 3 is 2.05 bits per heavy atom. The molecule has 100 valence electrons. The van der Waals surface area contributed by atoms with Crippen LogP contribution in [-0.4, -0.2) is 11.7 Å². The van der Waals surface area contributed by atoms with Crippen molar-refractivity contribution in [2.45, 2.75) is 19.6 Å². The highest BCUT2D eigenvalue weighted by Gasteiger charge is 1.96. The van der Waals surface area contributed by atoms with Gasteiger partial charge in [-0.05, 0) is 41.8 Å². The maximum absolute atomic E-state index is 12.7. The molecule has 2 rings (SSSR count). The summed E-state index contributed by atoms with van der Waals surface area (Å²) in [6.45, 7) is 1.70. The van der Waals surface area contributed by atoms with Gasteiger partial charge in [-0.1, -0.05) is 36.4 Å². The van der Waals surface area contributed by atoms with Crippen molar-refractivity contribution in [3.63, 3.8) is 0 Å². The van der Waals surface area contributed by atoms with Crippen molar-refractivity contribution in [3.8, 4) is 0 Å². The number of aliphatic hydroxyl groups is 1. The summed E-state index contributed by atoms with van der Waals surface area (Å²) in [6, 6.07) is 14.5. The molecule has 0 amide bonds. The smallest absolute Gasteiger partial charge is 0.123 e. The van der Waals surface area contributed by atoms with Gasteiger partial charge in [0.15, 0.2) is 0 Å². The summed E-state index contributed by atoms with van der Waals surface area (Å²) < 4.78 is 12.7. The molecule has 2 aromatic rings. The first kappa shape index (κ1) is 13.7. The second-order valence-corrected chi connectivity index (χ2v) is 4.53. The van der Waals surface area contributed by atoms with Gasteiger partial charge in [0.05, 0.1) is 6.61 Å². The molecule has 0 aliphatic heterocycles. The number of hydrogen-bond acceptors (Lipinski definition) is 2. The number of nitrogens with one attached hydrogen (secondary N) is 1. The van der Waals surface area contributed by atoms with E-state index in [0.29, 0.717) is 0 Å². The van der Waals surface area contributed by atoms with Crippen LogP contribution in [0.5, 0.6) is 0 Å². The predicted molar refractivity (Wildman–Crippen MR) is 74.2 cm³/mol. The van der Waals surface area contributed by atoms with Crippen molar-refractivity contribution in [1.29, 1.82) is 0 Å². The standard InChI is InChI=1S/C16H18FNO/c17-16-7-5-14(6-8-16)11-18-10-9-13-1-3-15(12-19)4-2-13/h1-8,18-19H,9-12H2. The minimum absolute atomic E-state index is 0.0864. The number of hydrogen-bond donors (Lipinski definition) is 2. The van der Waals surface area contributed by atoms with Crippen LogP contribution < -0.4 is 5.32 Å². The van der Waals surface area contributed by atoms with Crippen LogP contribution >= 0.6 is 0 Å². The molecule has 0 heterocycles. The third-order valence-electron chi connectivity index (χ3n) is 3.04. The van der Waals surface area contributed by atoms with E-state index in [1.165, 1.54) is 17.7 Å². The largest absolute Gasteiger partial charge is 0.392 e. The molecule has 2 nitrogen and oxygen atoms in total. The van der Waals surface area contributed by atoms with E-state index in [-0.39, 0.29) is 12.4 Å². The van der Waals surface area contributed by atoms with E-state index in [0.717, 1.165) is 30.6 Å². The van der Waals surface area contributed by atoms with Crippen molar-refractivity contribution in [3.05, 3.63) is 71.0 Å². The minimum atomic E-state index is -0.201. The topological polar surface area (TPSA) is 32.3 Å². The fourth-order valence-electron chi connectivity index (χ4n) is 1.88. The molecule has 0 atom stereocenters. The lowest BCUT2D eigenvalue weighted by molar-refractivity contribution is 0.282. The Labute approximate surface area is 112 Å². The third kappa shape index (κ3) is 4.47. The summed E-state index contributed by atoms with van der Waals surface area (Å²) in [7, 11) is 0. The molecule has 0 saturated carbocycles. The molecule has 0 aliphatic rings. The highest BCUT2D eigenvalue weighted by Crippen LogP contribution is 2.05. The third-order valence-corrected chi connectivity index (χ3v) is 3.04. The van der Waals surface area contributed by atoms with Crippen molar-refractivity contribution < 1.29 is 9.50 Å². The maximum Gasteiger partial charge on any atom is 0.123 e. The average Bonchev–Trinajstić information content (AvgIpc) is 2.46. The number of benzene rings is 2. The van der Waals surface area contributed by atoms with Gasteiger partial charge in [0.2, 0.25) is 0 Å². The van der Waals surface area contributed by atoms with Gasteiger partial charge in [-0.15, -0.1) is 0 Å². The van der Waals surface area contributed by atoms with Crippen molar-refractivity contribution in [2.75, 3.05) is 6.54 Å². The van der Waals surface area contributed by atoms with Gasteiger partial charge < -0.3 is 10.4 Å². The first-order valence-corrected chi connectivity index (χ1v) is 6.42. The molecule has 0 saturated heterocycles. The summed E-state index contributed by atoms with van der Waals surface area (Å²) in [5.41, 5.74) is 3.25. The Hall–Kier alpha value is -1.71. The van der Waals surface area contributed by atoms with Crippen LogP contribution in [0.15, 0.2) is 48.5 Å². The van der Waals surface area contributed by atoms with Crippen LogP contribution in [0.3, 0.4) is 0 Å². The van der Waals surface area contributed by atoms with Gasteiger partial charge in [-0.25, -0.2) is 4.39 Å². The lowest BCUT2D eigenvalue weighted by Gasteiger charge is -2.06. The van der Waals surface area contributed by atoms with Gasteiger partial charge in [-0.2, -0.15) is 0 Å². The van der Waals surface area contributed by atoms with Crippen LogP contribution in [0.1, 0.15) is 16.7 Å². The molecule has 0 aromatic heterocycles. The summed E-state index contributed by atoms with van der Waals surface area (Å²) in [6.07, 6.45) is 0.937. The zero-order valence-electron chi connectivity index (χ0n) is 10.8. The predicted octanol–water partition coefficient (Wildman–Crippen LogP) is 2.65. The van der Waals surface area contributed by atoms with E-state index in [2.05, 4.69) is 5.32 Å². The first-order valence-electron chi connectivity index (χ1n) is 6.42. The van der Waals surface area contributed by atoms with Crippen LogP contribution in [0, 0.1) is 5.82 Å². The second kappa shape index (κ2) is 7.02. The monoisotopic (exact) mass is 259 g/mol.